The van der Waals surface area contributed by atoms with Crippen LogP contribution in [0.4, 0.5) is 0 Å². The van der Waals surface area contributed by atoms with Crippen molar-refractivity contribution in [3.8, 4) is 0 Å². The molecule has 2 heterocycles. The molecule has 0 radical (unpaired) electrons. The van der Waals surface area contributed by atoms with E-state index >= 15 is 0 Å². The van der Waals surface area contributed by atoms with Crippen molar-refractivity contribution >= 4 is 27.3 Å². The number of hydrogen-bond donors (Lipinski definition) is 2. The van der Waals surface area contributed by atoms with Crippen LogP contribution in [0.5, 0.6) is 0 Å². The smallest absolute Gasteiger partial charge is 0.305 e. The van der Waals surface area contributed by atoms with E-state index in [9.17, 15) is 13.2 Å². The van der Waals surface area contributed by atoms with Crippen molar-refractivity contribution in [1.82, 2.24) is 19.5 Å². The summed E-state index contributed by atoms with van der Waals surface area (Å²) in [6.45, 7) is 2.13. The van der Waals surface area contributed by atoms with Crippen LogP contribution in [-0.4, -0.2) is 34.3 Å². The van der Waals surface area contributed by atoms with Gasteiger partial charge in [-0.3, -0.25) is 9.48 Å². The zero-order chi connectivity index (χ0) is 15.5. The molecule has 0 atom stereocenters. The number of nitrogens with one attached hydrogen (secondary N) is 1. The highest BCUT2D eigenvalue weighted by atomic mass is 32.2. The molecule has 2 aromatic rings. The van der Waals surface area contributed by atoms with Gasteiger partial charge >= 0.3 is 5.97 Å². The molecule has 0 saturated carbocycles. The second kappa shape index (κ2) is 6.33. The Morgan fingerprint density at radius 1 is 1.48 bits per heavy atom. The lowest BCUT2D eigenvalue weighted by molar-refractivity contribution is -0.137. The zero-order valence-electron chi connectivity index (χ0n) is 11.2. The molecular weight excluding hydrogens is 316 g/mol. The standard InChI is InChI=1S/C11H14N4O4S2/c1-8-12-4-9(20-8)5-14-21(18,19)10-6-13-15(7-10)3-2-11(16)17/h4,6-7,14H,2-3,5H2,1H3,(H,16,17). The number of carboxylic acids is 1. The molecule has 0 amide bonds. The van der Waals surface area contributed by atoms with Gasteiger partial charge < -0.3 is 5.11 Å². The maximum atomic E-state index is 12.1. The molecule has 21 heavy (non-hydrogen) atoms. The highest BCUT2D eigenvalue weighted by molar-refractivity contribution is 7.89. The number of sulfonamides is 1. The Kier molecular flexibility index (Phi) is 4.70. The van der Waals surface area contributed by atoms with Gasteiger partial charge in [0.05, 0.1) is 24.2 Å². The summed E-state index contributed by atoms with van der Waals surface area (Å²) in [6, 6.07) is 0. The number of thiazole rings is 1. The van der Waals surface area contributed by atoms with Gasteiger partial charge in [-0.2, -0.15) is 5.10 Å². The third-order valence-corrected chi connectivity index (χ3v) is 4.85. The zero-order valence-corrected chi connectivity index (χ0v) is 12.8. The van der Waals surface area contributed by atoms with Crippen molar-refractivity contribution in [2.24, 2.45) is 0 Å². The molecule has 2 aromatic heterocycles. The average molecular weight is 330 g/mol. The molecule has 114 valence electrons. The molecule has 0 spiro atoms. The van der Waals surface area contributed by atoms with Gasteiger partial charge in [0.25, 0.3) is 0 Å². The average Bonchev–Trinajstić information content (AvgIpc) is 3.03. The SMILES string of the molecule is Cc1ncc(CNS(=O)(=O)c2cnn(CCC(=O)O)c2)s1. The number of rotatable bonds is 7. The van der Waals surface area contributed by atoms with Crippen LogP contribution >= 0.6 is 11.3 Å². The van der Waals surface area contributed by atoms with Crippen LogP contribution in [-0.2, 0) is 27.9 Å². The minimum absolute atomic E-state index is 0.00845. The van der Waals surface area contributed by atoms with Gasteiger partial charge in [0, 0.05) is 23.8 Å². The van der Waals surface area contributed by atoms with E-state index in [2.05, 4.69) is 14.8 Å². The summed E-state index contributed by atoms with van der Waals surface area (Å²) < 4.78 is 27.9. The molecular formula is C11H14N4O4S2. The number of hydrogen-bond acceptors (Lipinski definition) is 6. The summed E-state index contributed by atoms with van der Waals surface area (Å²) in [4.78, 5) is 15.3. The quantitative estimate of drug-likeness (QED) is 0.768. The Bertz CT molecular complexity index is 735. The fourth-order valence-electron chi connectivity index (χ4n) is 1.55. The Hall–Kier alpha value is -1.78. The number of nitrogens with zero attached hydrogens (tertiary/aromatic N) is 3. The second-order valence-corrected chi connectivity index (χ2v) is 7.34. The molecule has 0 saturated heterocycles. The van der Waals surface area contributed by atoms with Crippen molar-refractivity contribution in [2.75, 3.05) is 0 Å². The summed E-state index contributed by atoms with van der Waals surface area (Å²) in [5.41, 5.74) is 0. The summed E-state index contributed by atoms with van der Waals surface area (Å²) in [6.07, 6.45) is 4.01. The lowest BCUT2D eigenvalue weighted by Gasteiger charge is -2.02. The molecule has 0 aliphatic heterocycles. The lowest BCUT2D eigenvalue weighted by Crippen LogP contribution is -2.22. The molecule has 8 nitrogen and oxygen atoms in total. The van der Waals surface area contributed by atoms with E-state index in [1.54, 1.807) is 6.20 Å². The van der Waals surface area contributed by atoms with Gasteiger partial charge in [-0.15, -0.1) is 11.3 Å². The Balaban J connectivity index is 2.00. The van der Waals surface area contributed by atoms with Gasteiger partial charge in [-0.25, -0.2) is 18.1 Å². The van der Waals surface area contributed by atoms with Crippen LogP contribution in [0.1, 0.15) is 16.3 Å². The van der Waals surface area contributed by atoms with Gasteiger partial charge in [0.1, 0.15) is 4.90 Å². The van der Waals surface area contributed by atoms with E-state index in [0.717, 1.165) is 9.88 Å². The number of aromatic nitrogens is 3. The monoisotopic (exact) mass is 330 g/mol. The van der Waals surface area contributed by atoms with E-state index in [-0.39, 0.29) is 24.4 Å². The first kappa shape index (κ1) is 15.6. The predicted octanol–water partition coefficient (Wildman–Crippen LogP) is 0.601. The number of aliphatic carboxylic acids is 1. The van der Waals surface area contributed by atoms with Crippen molar-refractivity contribution < 1.29 is 18.3 Å². The number of carboxylic acid groups (broad SMARTS) is 1. The molecule has 0 aliphatic rings. The Labute approximate surface area is 125 Å². The maximum absolute atomic E-state index is 12.1. The maximum Gasteiger partial charge on any atom is 0.305 e. The third-order valence-electron chi connectivity index (χ3n) is 2.58. The van der Waals surface area contributed by atoms with Crippen LogP contribution in [0.25, 0.3) is 0 Å². The van der Waals surface area contributed by atoms with Crippen LogP contribution in [0.3, 0.4) is 0 Å². The summed E-state index contributed by atoms with van der Waals surface area (Å²) in [5, 5.41) is 13.3. The summed E-state index contributed by atoms with van der Waals surface area (Å²) in [5.74, 6) is -0.964. The van der Waals surface area contributed by atoms with Crippen LogP contribution in [0, 0.1) is 6.92 Å². The molecule has 2 rings (SSSR count). The molecule has 0 bridgehead atoms. The topological polar surface area (TPSA) is 114 Å². The number of carbonyl (C=O) groups is 1. The van der Waals surface area contributed by atoms with Crippen LogP contribution in [0.2, 0.25) is 0 Å². The highest BCUT2D eigenvalue weighted by Crippen LogP contribution is 2.13. The highest BCUT2D eigenvalue weighted by Gasteiger charge is 2.17. The molecule has 0 aromatic carbocycles. The first-order valence-electron chi connectivity index (χ1n) is 6.02. The molecule has 0 unspecified atom stereocenters. The predicted molar refractivity (Wildman–Crippen MR) is 75.4 cm³/mol. The van der Waals surface area contributed by atoms with Crippen molar-refractivity contribution in [1.29, 1.82) is 0 Å². The van der Waals surface area contributed by atoms with E-state index in [1.165, 1.54) is 28.4 Å². The van der Waals surface area contributed by atoms with E-state index < -0.39 is 16.0 Å². The van der Waals surface area contributed by atoms with E-state index in [4.69, 9.17) is 5.11 Å². The largest absolute Gasteiger partial charge is 0.481 e. The second-order valence-electron chi connectivity index (χ2n) is 4.25. The normalized spacial score (nSPS) is 11.7. The van der Waals surface area contributed by atoms with Crippen molar-refractivity contribution in [2.45, 2.75) is 31.3 Å². The Morgan fingerprint density at radius 3 is 2.86 bits per heavy atom. The summed E-state index contributed by atoms with van der Waals surface area (Å²) in [7, 11) is -3.67. The van der Waals surface area contributed by atoms with E-state index in [0.29, 0.717) is 0 Å². The van der Waals surface area contributed by atoms with Crippen LogP contribution in [0.15, 0.2) is 23.5 Å². The van der Waals surface area contributed by atoms with Crippen molar-refractivity contribution in [3.63, 3.8) is 0 Å². The first-order chi connectivity index (χ1) is 9.87. The van der Waals surface area contributed by atoms with Gasteiger partial charge in [-0.05, 0) is 6.92 Å². The fraction of sp³-hybridized carbons (Fsp3) is 0.364. The lowest BCUT2D eigenvalue weighted by atomic mass is 10.4. The van der Waals surface area contributed by atoms with Crippen molar-refractivity contribution in [3.05, 3.63) is 28.5 Å². The minimum atomic E-state index is -3.67. The number of aryl methyl sites for hydroxylation is 2. The fourth-order valence-corrected chi connectivity index (χ4v) is 3.34. The third kappa shape index (κ3) is 4.34. The summed E-state index contributed by atoms with van der Waals surface area (Å²) >= 11 is 1.42. The van der Waals surface area contributed by atoms with Gasteiger partial charge in [0.2, 0.25) is 10.0 Å². The Morgan fingerprint density at radius 2 is 2.24 bits per heavy atom. The van der Waals surface area contributed by atoms with Gasteiger partial charge in [-0.1, -0.05) is 0 Å². The minimum Gasteiger partial charge on any atom is -0.481 e. The first-order valence-corrected chi connectivity index (χ1v) is 8.32. The molecule has 2 N–H and O–H groups in total. The van der Waals surface area contributed by atoms with Crippen LogP contribution < -0.4 is 4.72 Å². The molecule has 0 aliphatic carbocycles. The molecule has 0 fully saturated rings. The molecule has 10 heteroatoms. The van der Waals surface area contributed by atoms with E-state index in [1.807, 2.05) is 6.92 Å². The van der Waals surface area contributed by atoms with Gasteiger partial charge in [0.15, 0.2) is 0 Å².